The molecule has 0 radical (unpaired) electrons. The Morgan fingerprint density at radius 3 is 3.06 bits per heavy atom. The van der Waals surface area contributed by atoms with Gasteiger partial charge in [0.25, 0.3) is 0 Å². The molecule has 5 nitrogen and oxygen atoms in total. The molecule has 2 heterocycles. The van der Waals surface area contributed by atoms with Gasteiger partial charge in [-0.3, -0.25) is 4.79 Å². The van der Waals surface area contributed by atoms with Gasteiger partial charge in [-0.25, -0.2) is 4.79 Å². The topological polar surface area (TPSA) is 69.6 Å². The number of carboxylic acid groups (broad SMARTS) is 1. The van der Waals surface area contributed by atoms with Gasteiger partial charge in [-0.05, 0) is 23.8 Å². The lowest BCUT2D eigenvalue weighted by Gasteiger charge is -2.16. The summed E-state index contributed by atoms with van der Waals surface area (Å²) in [5, 5.41) is 15.2. The van der Waals surface area contributed by atoms with Crippen LogP contribution >= 0.6 is 11.3 Å². The van der Waals surface area contributed by atoms with E-state index in [1.54, 1.807) is 4.90 Å². The number of rotatable bonds is 3. The minimum Gasteiger partial charge on any atom is -0.481 e. The molecule has 2 rings (SSSR count). The monoisotopic (exact) mass is 254 g/mol. The summed E-state index contributed by atoms with van der Waals surface area (Å²) < 4.78 is 0. The van der Waals surface area contributed by atoms with Crippen LogP contribution in [0.1, 0.15) is 12.8 Å². The van der Waals surface area contributed by atoms with Gasteiger partial charge < -0.3 is 15.3 Å². The van der Waals surface area contributed by atoms with E-state index < -0.39 is 5.97 Å². The largest absolute Gasteiger partial charge is 0.481 e. The fourth-order valence-corrected chi connectivity index (χ4v) is 2.56. The molecule has 1 aromatic heterocycles. The van der Waals surface area contributed by atoms with E-state index in [1.807, 2.05) is 16.8 Å². The normalized spacial score (nSPS) is 19.3. The molecule has 6 heteroatoms. The third-order valence-corrected chi connectivity index (χ3v) is 3.49. The van der Waals surface area contributed by atoms with Crippen LogP contribution in [-0.2, 0) is 4.79 Å². The summed E-state index contributed by atoms with van der Waals surface area (Å²) in [6, 6.07) is 1.70. The van der Waals surface area contributed by atoms with Crippen molar-refractivity contribution >= 4 is 29.0 Å². The van der Waals surface area contributed by atoms with E-state index in [0.717, 1.165) is 12.1 Å². The maximum atomic E-state index is 11.8. The summed E-state index contributed by atoms with van der Waals surface area (Å²) >= 11 is 1.52. The molecule has 0 aliphatic carbocycles. The molecule has 1 aromatic rings. The summed E-state index contributed by atoms with van der Waals surface area (Å²) in [5.74, 6) is -0.712. The first kappa shape index (κ1) is 11.9. The molecule has 1 atom stereocenters. The molecule has 1 aliphatic rings. The van der Waals surface area contributed by atoms with E-state index >= 15 is 0 Å². The molecule has 1 aliphatic heterocycles. The molecule has 0 bridgehead atoms. The number of carbonyl (C=O) groups excluding carboxylic acids is 1. The minimum atomic E-state index is -0.796. The van der Waals surface area contributed by atoms with Crippen molar-refractivity contribution in [3.8, 4) is 0 Å². The molecule has 0 saturated carbocycles. The number of anilines is 1. The van der Waals surface area contributed by atoms with Crippen LogP contribution in [-0.4, -0.2) is 35.1 Å². The lowest BCUT2D eigenvalue weighted by atomic mass is 10.1. The molecule has 0 spiro atoms. The van der Waals surface area contributed by atoms with Crippen LogP contribution < -0.4 is 5.32 Å². The van der Waals surface area contributed by atoms with Gasteiger partial charge in [0.2, 0.25) is 0 Å². The molecule has 2 N–H and O–H groups in total. The second-order valence-corrected chi connectivity index (χ2v) is 4.92. The third kappa shape index (κ3) is 3.20. The number of carbonyl (C=O) groups is 2. The predicted octanol–water partition coefficient (Wildman–Crippen LogP) is 2.08. The Balaban J connectivity index is 1.83. The summed E-state index contributed by atoms with van der Waals surface area (Å²) in [6.07, 6.45) is 0.908. The zero-order chi connectivity index (χ0) is 12.3. The average molecular weight is 254 g/mol. The fraction of sp³-hybridized carbons (Fsp3) is 0.455. The number of thiophene rings is 1. The molecule has 1 fully saturated rings. The number of likely N-dealkylation sites (tertiary alicyclic amines) is 1. The summed E-state index contributed by atoms with van der Waals surface area (Å²) in [6.45, 7) is 1.16. The zero-order valence-electron chi connectivity index (χ0n) is 9.26. The van der Waals surface area contributed by atoms with E-state index in [9.17, 15) is 9.59 Å². The Kier molecular flexibility index (Phi) is 3.63. The lowest BCUT2D eigenvalue weighted by molar-refractivity contribution is -0.138. The molecule has 1 unspecified atom stereocenters. The van der Waals surface area contributed by atoms with Gasteiger partial charge in [-0.15, -0.1) is 0 Å². The van der Waals surface area contributed by atoms with E-state index in [4.69, 9.17) is 5.11 Å². The molecule has 92 valence electrons. The summed E-state index contributed by atoms with van der Waals surface area (Å²) in [7, 11) is 0. The Morgan fingerprint density at radius 1 is 1.59 bits per heavy atom. The van der Waals surface area contributed by atoms with Crippen LogP contribution in [0.15, 0.2) is 16.8 Å². The number of carboxylic acids is 1. The zero-order valence-corrected chi connectivity index (χ0v) is 10.1. The average Bonchev–Trinajstić information content (AvgIpc) is 2.87. The lowest BCUT2D eigenvalue weighted by Crippen LogP contribution is -2.33. The van der Waals surface area contributed by atoms with E-state index in [0.29, 0.717) is 13.1 Å². The maximum Gasteiger partial charge on any atom is 0.321 e. The van der Waals surface area contributed by atoms with Gasteiger partial charge in [0.15, 0.2) is 0 Å². The number of aliphatic carboxylic acids is 1. The van der Waals surface area contributed by atoms with Gasteiger partial charge in [-0.2, -0.15) is 11.3 Å². The predicted molar refractivity (Wildman–Crippen MR) is 65.3 cm³/mol. The molecular weight excluding hydrogens is 240 g/mol. The van der Waals surface area contributed by atoms with Crippen LogP contribution in [0.4, 0.5) is 10.5 Å². The van der Waals surface area contributed by atoms with Crippen LogP contribution in [0.5, 0.6) is 0 Å². The Morgan fingerprint density at radius 2 is 2.41 bits per heavy atom. The number of amides is 2. The van der Waals surface area contributed by atoms with Gasteiger partial charge >= 0.3 is 12.0 Å². The fourth-order valence-electron chi connectivity index (χ4n) is 1.97. The Labute approximate surface area is 103 Å². The molecule has 17 heavy (non-hydrogen) atoms. The maximum absolute atomic E-state index is 11.8. The molecule has 1 saturated heterocycles. The van der Waals surface area contributed by atoms with Crippen molar-refractivity contribution < 1.29 is 14.7 Å². The number of nitrogens with zero attached hydrogens (tertiary/aromatic N) is 1. The first-order chi connectivity index (χ1) is 8.15. The van der Waals surface area contributed by atoms with Gasteiger partial charge in [0.05, 0.1) is 5.69 Å². The highest BCUT2D eigenvalue weighted by Crippen LogP contribution is 2.21. The summed E-state index contributed by atoms with van der Waals surface area (Å²) in [5.41, 5.74) is 0.793. The molecular formula is C11H14N2O3S. The smallest absolute Gasteiger partial charge is 0.321 e. The van der Waals surface area contributed by atoms with Crippen molar-refractivity contribution in [1.82, 2.24) is 4.90 Å². The van der Waals surface area contributed by atoms with Gasteiger partial charge in [0, 0.05) is 24.9 Å². The third-order valence-electron chi connectivity index (χ3n) is 2.81. The highest BCUT2D eigenvalue weighted by molar-refractivity contribution is 7.08. The number of hydrogen-bond donors (Lipinski definition) is 2. The highest BCUT2D eigenvalue weighted by atomic mass is 32.1. The number of urea groups is 1. The van der Waals surface area contributed by atoms with Crippen molar-refractivity contribution in [3.05, 3.63) is 16.8 Å². The number of nitrogens with one attached hydrogen (secondary N) is 1. The van der Waals surface area contributed by atoms with Crippen LogP contribution in [0, 0.1) is 5.92 Å². The quantitative estimate of drug-likeness (QED) is 0.867. The minimum absolute atomic E-state index is 0.0840. The molecule has 2 amide bonds. The first-order valence-corrected chi connectivity index (χ1v) is 6.39. The highest BCUT2D eigenvalue weighted by Gasteiger charge is 2.27. The second-order valence-electron chi connectivity index (χ2n) is 4.14. The van der Waals surface area contributed by atoms with Crippen LogP contribution in [0.3, 0.4) is 0 Å². The van der Waals surface area contributed by atoms with Crippen molar-refractivity contribution in [2.24, 2.45) is 5.92 Å². The standard InChI is InChI=1S/C11H14N2O3S/c14-10(15)5-8-1-3-13(6-8)11(16)12-9-2-4-17-7-9/h2,4,7-8H,1,3,5-6H2,(H,12,16)(H,14,15). The summed E-state index contributed by atoms with van der Waals surface area (Å²) in [4.78, 5) is 24.1. The first-order valence-electron chi connectivity index (χ1n) is 5.45. The van der Waals surface area contributed by atoms with E-state index in [-0.39, 0.29) is 18.4 Å². The van der Waals surface area contributed by atoms with E-state index in [1.165, 1.54) is 11.3 Å². The van der Waals surface area contributed by atoms with Crippen molar-refractivity contribution in [1.29, 1.82) is 0 Å². The van der Waals surface area contributed by atoms with E-state index in [2.05, 4.69) is 5.32 Å². The van der Waals surface area contributed by atoms with Crippen molar-refractivity contribution in [2.45, 2.75) is 12.8 Å². The number of hydrogen-bond acceptors (Lipinski definition) is 3. The Bertz CT molecular complexity index is 405. The van der Waals surface area contributed by atoms with Gasteiger partial charge in [0.1, 0.15) is 0 Å². The van der Waals surface area contributed by atoms with Crippen LogP contribution in [0.25, 0.3) is 0 Å². The Hall–Kier alpha value is -1.56. The van der Waals surface area contributed by atoms with Crippen molar-refractivity contribution in [3.63, 3.8) is 0 Å². The second kappa shape index (κ2) is 5.18. The SMILES string of the molecule is O=C(O)CC1CCN(C(=O)Nc2ccsc2)C1. The van der Waals surface area contributed by atoms with Crippen molar-refractivity contribution in [2.75, 3.05) is 18.4 Å². The van der Waals surface area contributed by atoms with Crippen LogP contribution in [0.2, 0.25) is 0 Å². The molecule has 0 aromatic carbocycles. The van der Waals surface area contributed by atoms with Gasteiger partial charge in [-0.1, -0.05) is 0 Å².